The zero-order valence-corrected chi connectivity index (χ0v) is 11.3. The Morgan fingerprint density at radius 3 is 2.64 bits per heavy atom. The van der Waals surface area contributed by atoms with Crippen LogP contribution in [0.5, 0.6) is 0 Å². The molecule has 0 aliphatic carbocycles. The maximum absolute atomic E-state index is 13.2. The average Bonchev–Trinajstić information content (AvgIpc) is 2.09. The summed E-state index contributed by atoms with van der Waals surface area (Å²) in [6.07, 6.45) is 2.43. The van der Waals surface area contributed by atoms with Crippen molar-refractivity contribution in [3.05, 3.63) is 23.9 Å². The monoisotopic (exact) mass is 329 g/mol. The van der Waals surface area contributed by atoms with E-state index in [4.69, 9.17) is 11.6 Å². The Labute approximate surface area is 103 Å². The van der Waals surface area contributed by atoms with Gasteiger partial charge in [0.1, 0.15) is 0 Å². The summed E-state index contributed by atoms with van der Waals surface area (Å²) in [4.78, 5) is 4.06. The molecule has 0 spiro atoms. The van der Waals surface area contributed by atoms with Crippen LogP contribution in [-0.4, -0.2) is 9.39 Å². The lowest BCUT2D eigenvalue weighted by Gasteiger charge is -2.12. The van der Waals surface area contributed by atoms with Crippen molar-refractivity contribution in [3.63, 3.8) is 0 Å². The van der Waals surface area contributed by atoms with Gasteiger partial charge in [0, 0.05) is 17.4 Å². The molecule has 4 heteroatoms. The Kier molecular flexibility index (Phi) is 6.61. The van der Waals surface area contributed by atoms with Crippen LogP contribution in [0.2, 0.25) is 0 Å². The fourth-order valence-electron chi connectivity index (χ4n) is 0.875. The van der Waals surface area contributed by atoms with E-state index in [0.717, 1.165) is 11.3 Å². The summed E-state index contributed by atoms with van der Waals surface area (Å²) in [5.41, 5.74) is 3.09. The van der Waals surface area contributed by atoms with Crippen LogP contribution in [0.1, 0.15) is 26.7 Å². The van der Waals surface area contributed by atoms with Crippen LogP contribution in [0.15, 0.2) is 28.9 Å². The van der Waals surface area contributed by atoms with Crippen LogP contribution >= 0.6 is 34.2 Å². The maximum Gasteiger partial charge on any atom is 0.158 e. The highest BCUT2D eigenvalue weighted by atomic mass is 127. The van der Waals surface area contributed by atoms with Gasteiger partial charge in [-0.25, -0.2) is 4.39 Å². The van der Waals surface area contributed by atoms with Gasteiger partial charge in [-0.1, -0.05) is 18.2 Å². The molecule has 1 unspecified atom stereocenters. The molecule has 0 aliphatic rings. The lowest BCUT2D eigenvalue weighted by atomic mass is 10.1. The molecule has 14 heavy (non-hydrogen) atoms. The SMILES string of the molecule is C=CN=C(CCC(C)(F)I)/C(C)=C/Cl. The van der Waals surface area contributed by atoms with Crippen LogP contribution in [0, 0.1) is 0 Å². The number of nitrogens with zero attached hydrogens (tertiary/aromatic N) is 1. The summed E-state index contributed by atoms with van der Waals surface area (Å²) in [7, 11) is 0. The molecule has 0 aromatic rings. The summed E-state index contributed by atoms with van der Waals surface area (Å²) >= 11 is 7.33. The molecule has 1 atom stereocenters. The summed E-state index contributed by atoms with van der Waals surface area (Å²) < 4.78 is 12.0. The molecule has 0 aromatic carbocycles. The van der Waals surface area contributed by atoms with Gasteiger partial charge in [-0.15, -0.1) is 0 Å². The van der Waals surface area contributed by atoms with E-state index < -0.39 is 3.68 Å². The molecule has 0 aromatic heterocycles. The first-order valence-electron chi connectivity index (χ1n) is 4.23. The summed E-state index contributed by atoms with van der Waals surface area (Å²) in [6, 6.07) is 0. The number of alkyl halides is 2. The molecule has 0 amide bonds. The first-order chi connectivity index (χ1) is 6.40. The molecule has 0 saturated carbocycles. The predicted octanol–water partition coefficient (Wildman–Crippen LogP) is 4.61. The number of rotatable bonds is 5. The molecule has 0 fully saturated rings. The van der Waals surface area contributed by atoms with Crippen molar-refractivity contribution in [2.24, 2.45) is 4.99 Å². The van der Waals surface area contributed by atoms with E-state index >= 15 is 0 Å². The van der Waals surface area contributed by atoms with Gasteiger partial charge in [-0.05, 0) is 54.9 Å². The zero-order valence-electron chi connectivity index (χ0n) is 8.36. The summed E-state index contributed by atoms with van der Waals surface area (Å²) in [6.45, 7) is 6.89. The minimum Gasteiger partial charge on any atom is -0.262 e. The van der Waals surface area contributed by atoms with Gasteiger partial charge in [0.05, 0.1) is 0 Å². The van der Waals surface area contributed by atoms with E-state index in [0.29, 0.717) is 12.8 Å². The second kappa shape index (κ2) is 6.56. The molecular formula is C10H14ClFIN. The molecule has 0 aliphatic heterocycles. The van der Waals surface area contributed by atoms with Gasteiger partial charge >= 0.3 is 0 Å². The van der Waals surface area contributed by atoms with Gasteiger partial charge < -0.3 is 0 Å². The third-order valence-corrected chi connectivity index (χ3v) is 2.53. The maximum atomic E-state index is 13.2. The molecular weight excluding hydrogens is 315 g/mol. The third kappa shape index (κ3) is 6.54. The Balaban J connectivity index is 4.42. The number of halogens is 3. The number of aliphatic imine (C=N–C) groups is 1. The molecule has 1 nitrogen and oxygen atoms in total. The highest BCUT2D eigenvalue weighted by Crippen LogP contribution is 2.26. The normalized spacial score (nSPS) is 17.8. The van der Waals surface area contributed by atoms with Crippen molar-refractivity contribution >= 4 is 39.9 Å². The second-order valence-electron chi connectivity index (χ2n) is 3.12. The van der Waals surface area contributed by atoms with Gasteiger partial charge in [0.15, 0.2) is 3.68 Å². The van der Waals surface area contributed by atoms with Crippen LogP contribution in [0.3, 0.4) is 0 Å². The largest absolute Gasteiger partial charge is 0.262 e. The Bertz CT molecular complexity index is 253. The highest BCUT2D eigenvalue weighted by Gasteiger charge is 2.18. The van der Waals surface area contributed by atoms with E-state index in [9.17, 15) is 4.39 Å². The average molecular weight is 330 g/mol. The topological polar surface area (TPSA) is 12.4 Å². The summed E-state index contributed by atoms with van der Waals surface area (Å²) in [5, 5.41) is 0. The molecule has 0 N–H and O–H groups in total. The first kappa shape index (κ1) is 14.1. The Hall–Kier alpha value is 0.1000. The van der Waals surface area contributed by atoms with Crippen molar-refractivity contribution in [2.45, 2.75) is 30.4 Å². The lowest BCUT2D eigenvalue weighted by Crippen LogP contribution is -2.10. The van der Waals surface area contributed by atoms with Crippen LogP contribution in [-0.2, 0) is 0 Å². The van der Waals surface area contributed by atoms with Crippen molar-refractivity contribution in [1.82, 2.24) is 0 Å². The van der Waals surface area contributed by atoms with E-state index in [1.807, 2.05) is 6.92 Å². The van der Waals surface area contributed by atoms with E-state index in [2.05, 4.69) is 11.6 Å². The standard InChI is InChI=1S/C10H14ClFIN/c1-4-14-9(8(2)7-11)5-6-10(3,12)13/h4,7H,1,5-6H2,2-3H3/b8-7+,14-9?. The van der Waals surface area contributed by atoms with Crippen LogP contribution in [0.25, 0.3) is 0 Å². The van der Waals surface area contributed by atoms with E-state index in [1.54, 1.807) is 29.5 Å². The summed E-state index contributed by atoms with van der Waals surface area (Å²) in [5.74, 6) is 0. The highest BCUT2D eigenvalue weighted by molar-refractivity contribution is 14.1. The van der Waals surface area contributed by atoms with Crippen LogP contribution in [0.4, 0.5) is 4.39 Å². The molecule has 0 bridgehead atoms. The van der Waals surface area contributed by atoms with Gasteiger partial charge in [-0.2, -0.15) is 0 Å². The van der Waals surface area contributed by atoms with E-state index in [1.165, 1.54) is 11.7 Å². The number of hydrogen-bond donors (Lipinski definition) is 0. The van der Waals surface area contributed by atoms with Crippen molar-refractivity contribution in [1.29, 1.82) is 0 Å². The van der Waals surface area contributed by atoms with Gasteiger partial charge in [0.25, 0.3) is 0 Å². The second-order valence-corrected chi connectivity index (χ2v) is 5.59. The predicted molar refractivity (Wildman–Crippen MR) is 70.0 cm³/mol. The van der Waals surface area contributed by atoms with E-state index in [-0.39, 0.29) is 0 Å². The smallest absolute Gasteiger partial charge is 0.158 e. The molecule has 80 valence electrons. The first-order valence-corrected chi connectivity index (χ1v) is 5.75. The Morgan fingerprint density at radius 1 is 1.71 bits per heavy atom. The zero-order chi connectivity index (χ0) is 11.2. The fourth-order valence-corrected chi connectivity index (χ4v) is 1.27. The van der Waals surface area contributed by atoms with Crippen molar-refractivity contribution in [3.8, 4) is 0 Å². The minimum atomic E-state index is -1.20. The van der Waals surface area contributed by atoms with Crippen molar-refractivity contribution < 1.29 is 4.39 Å². The third-order valence-electron chi connectivity index (χ3n) is 1.67. The minimum absolute atomic E-state index is 0.419. The molecule has 0 heterocycles. The molecule has 0 rings (SSSR count). The van der Waals surface area contributed by atoms with Crippen LogP contribution < -0.4 is 0 Å². The Morgan fingerprint density at radius 2 is 2.29 bits per heavy atom. The molecule has 0 saturated heterocycles. The van der Waals surface area contributed by atoms with Crippen molar-refractivity contribution in [2.75, 3.05) is 0 Å². The van der Waals surface area contributed by atoms with Gasteiger partial charge in [0.2, 0.25) is 0 Å². The lowest BCUT2D eigenvalue weighted by molar-refractivity contribution is 0.324. The fraction of sp³-hybridized carbons (Fsp3) is 0.500. The molecule has 0 radical (unpaired) electrons. The number of hydrogen-bond acceptors (Lipinski definition) is 1. The number of allylic oxidation sites excluding steroid dienone is 1. The quantitative estimate of drug-likeness (QED) is 0.397. The van der Waals surface area contributed by atoms with Gasteiger partial charge in [-0.3, -0.25) is 4.99 Å².